The van der Waals surface area contributed by atoms with E-state index in [9.17, 15) is 9.59 Å². The highest BCUT2D eigenvalue weighted by molar-refractivity contribution is 7.80. The third kappa shape index (κ3) is 6.63. The van der Waals surface area contributed by atoms with E-state index in [1.54, 1.807) is 26.2 Å². The fraction of sp³-hybridized carbons (Fsp3) is 0.429. The molecule has 0 atom stereocenters. The Hall–Kier alpha value is -2.72. The molecule has 0 spiro atoms. The molecule has 2 aromatic heterocycles. The number of hydrogen-bond acceptors (Lipinski definition) is 6. The minimum atomic E-state index is -0.405. The molecule has 0 saturated heterocycles. The molecule has 31 heavy (non-hydrogen) atoms. The minimum absolute atomic E-state index is 0.405. The van der Waals surface area contributed by atoms with Gasteiger partial charge in [0.2, 0.25) is 0 Å². The van der Waals surface area contributed by atoms with Crippen LogP contribution in [0.4, 0.5) is 11.4 Å². The molecule has 2 aromatic rings. The number of rotatable bonds is 10. The molecule has 0 aliphatic heterocycles. The Morgan fingerprint density at radius 1 is 0.806 bits per heavy atom. The summed E-state index contributed by atoms with van der Waals surface area (Å²) in [5.74, 6) is -0.809. The van der Waals surface area contributed by atoms with Crippen molar-refractivity contribution in [3.05, 3.63) is 34.9 Å². The summed E-state index contributed by atoms with van der Waals surface area (Å²) in [6.45, 7) is 3.61. The van der Waals surface area contributed by atoms with Crippen LogP contribution in [0.25, 0.3) is 0 Å². The number of carbonyl (C=O) groups excluding carboxylic acids is 2. The van der Waals surface area contributed by atoms with Crippen LogP contribution < -0.4 is 10.6 Å². The van der Waals surface area contributed by atoms with Crippen molar-refractivity contribution in [2.24, 2.45) is 0 Å². The van der Waals surface area contributed by atoms with E-state index in [4.69, 9.17) is 33.9 Å². The second-order valence-corrected chi connectivity index (χ2v) is 8.03. The zero-order valence-corrected chi connectivity index (χ0v) is 19.8. The summed E-state index contributed by atoms with van der Waals surface area (Å²) in [6.07, 6.45) is 7.54. The zero-order valence-electron chi connectivity index (χ0n) is 18.1. The number of aromatic nitrogens is 2. The highest BCUT2D eigenvalue weighted by atomic mass is 32.1. The average molecular weight is 465 g/mol. The van der Waals surface area contributed by atoms with E-state index in [0.717, 1.165) is 30.7 Å². The predicted molar refractivity (Wildman–Crippen MR) is 129 cm³/mol. The van der Waals surface area contributed by atoms with Crippen LogP contribution in [-0.4, -0.2) is 46.1 Å². The van der Waals surface area contributed by atoms with Crippen LogP contribution in [0, 0.1) is 13.8 Å². The summed E-state index contributed by atoms with van der Waals surface area (Å²) < 4.78 is 9.63. The third-order valence-corrected chi connectivity index (χ3v) is 5.40. The van der Waals surface area contributed by atoms with Crippen molar-refractivity contribution in [3.8, 4) is 0 Å². The summed E-state index contributed by atoms with van der Waals surface area (Å²) in [7, 11) is 2.70. The predicted octanol–water partition coefficient (Wildman–Crippen LogP) is 4.66. The van der Waals surface area contributed by atoms with Gasteiger partial charge in [-0.25, -0.2) is 9.59 Å². The van der Waals surface area contributed by atoms with Crippen molar-refractivity contribution in [2.45, 2.75) is 46.0 Å². The van der Waals surface area contributed by atoms with E-state index >= 15 is 0 Å². The van der Waals surface area contributed by atoms with E-state index in [1.807, 2.05) is 0 Å². The maximum Gasteiger partial charge on any atom is 0.341 e. The number of nitrogens with one attached hydrogen (secondary N) is 4. The molecule has 0 saturated carbocycles. The Labute approximate surface area is 192 Å². The molecule has 0 amide bonds. The SMILES string of the molecule is COC(=O)c1c(NC(=S)CCCCCC(=S)Nc2c[nH]c(C)c2C(=O)OC)c[nH]c1C. The Kier molecular flexibility index (Phi) is 9.20. The number of unbranched alkanes of at least 4 members (excludes halogenated alkanes) is 2. The summed E-state index contributed by atoms with van der Waals surface area (Å²) in [4.78, 5) is 31.1. The van der Waals surface area contributed by atoms with Gasteiger partial charge < -0.3 is 30.1 Å². The lowest BCUT2D eigenvalue weighted by atomic mass is 10.1. The topological polar surface area (TPSA) is 108 Å². The van der Waals surface area contributed by atoms with Crippen molar-refractivity contribution in [1.29, 1.82) is 0 Å². The molecule has 0 unspecified atom stereocenters. The van der Waals surface area contributed by atoms with Crippen LogP contribution in [0.2, 0.25) is 0 Å². The van der Waals surface area contributed by atoms with Crippen molar-refractivity contribution >= 4 is 57.7 Å². The van der Waals surface area contributed by atoms with Crippen molar-refractivity contribution < 1.29 is 19.1 Å². The van der Waals surface area contributed by atoms with E-state index in [0.29, 0.717) is 45.3 Å². The fourth-order valence-electron chi connectivity index (χ4n) is 3.15. The van der Waals surface area contributed by atoms with Crippen LogP contribution in [-0.2, 0) is 9.47 Å². The molecule has 0 bridgehead atoms. The smallest absolute Gasteiger partial charge is 0.341 e. The van der Waals surface area contributed by atoms with Gasteiger partial charge in [0.15, 0.2) is 0 Å². The van der Waals surface area contributed by atoms with Gasteiger partial charge in [-0.05, 0) is 39.5 Å². The lowest BCUT2D eigenvalue weighted by Gasteiger charge is -2.10. The lowest BCUT2D eigenvalue weighted by molar-refractivity contribution is 0.0592. The molecule has 2 heterocycles. The Morgan fingerprint density at radius 2 is 1.19 bits per heavy atom. The summed E-state index contributed by atoms with van der Waals surface area (Å²) in [6, 6.07) is 0. The molecule has 0 fully saturated rings. The second kappa shape index (κ2) is 11.6. The lowest BCUT2D eigenvalue weighted by Crippen LogP contribution is -2.13. The maximum absolute atomic E-state index is 11.9. The highest BCUT2D eigenvalue weighted by Crippen LogP contribution is 2.22. The normalized spacial score (nSPS) is 10.5. The van der Waals surface area contributed by atoms with Gasteiger partial charge in [0.1, 0.15) is 11.1 Å². The number of hydrogen-bond donors (Lipinski definition) is 4. The molecule has 0 radical (unpaired) electrons. The van der Waals surface area contributed by atoms with Crippen LogP contribution in [0.3, 0.4) is 0 Å². The van der Waals surface area contributed by atoms with Crippen molar-refractivity contribution in [2.75, 3.05) is 24.9 Å². The first kappa shape index (κ1) is 24.5. The molecule has 10 heteroatoms. The quantitative estimate of drug-likeness (QED) is 0.228. The summed E-state index contributed by atoms with van der Waals surface area (Å²) in [5.41, 5.74) is 3.64. The summed E-state index contributed by atoms with van der Waals surface area (Å²) in [5, 5.41) is 6.24. The van der Waals surface area contributed by atoms with E-state index in [2.05, 4.69) is 20.6 Å². The van der Waals surface area contributed by atoms with Gasteiger partial charge >= 0.3 is 11.9 Å². The zero-order chi connectivity index (χ0) is 23.0. The second-order valence-electron chi connectivity index (χ2n) is 7.04. The van der Waals surface area contributed by atoms with Gasteiger partial charge in [-0.1, -0.05) is 30.9 Å². The Balaban J connectivity index is 1.73. The molecule has 0 aliphatic rings. The van der Waals surface area contributed by atoms with Gasteiger partial charge in [0.25, 0.3) is 0 Å². The largest absolute Gasteiger partial charge is 0.465 e. The summed E-state index contributed by atoms with van der Waals surface area (Å²) >= 11 is 10.8. The van der Waals surface area contributed by atoms with E-state index < -0.39 is 11.9 Å². The third-order valence-electron chi connectivity index (χ3n) is 4.79. The molecule has 0 aromatic carbocycles. The van der Waals surface area contributed by atoms with Gasteiger partial charge in [-0.3, -0.25) is 0 Å². The first-order valence-electron chi connectivity index (χ1n) is 9.90. The number of thiocarbonyl (C=S) groups is 2. The molecular formula is C21H28N4O4S2. The standard InChI is InChI=1S/C21H28N4O4S2/c1-12-18(20(26)28-3)14(10-22-12)24-16(30)8-6-5-7-9-17(31)25-15-11-23-13(2)19(15)21(27)29-4/h10-11,22-23H,5-9H2,1-4H3,(H,24,30)(H,25,31). The van der Waals surface area contributed by atoms with E-state index in [1.165, 1.54) is 14.2 Å². The molecule has 8 nitrogen and oxygen atoms in total. The van der Waals surface area contributed by atoms with Gasteiger partial charge in [0, 0.05) is 23.8 Å². The number of aromatic amines is 2. The first-order chi connectivity index (χ1) is 14.8. The van der Waals surface area contributed by atoms with Crippen LogP contribution >= 0.6 is 24.4 Å². The van der Waals surface area contributed by atoms with Gasteiger partial charge in [0.05, 0.1) is 35.6 Å². The average Bonchev–Trinajstić information content (AvgIpc) is 3.28. The minimum Gasteiger partial charge on any atom is -0.465 e. The number of carbonyl (C=O) groups is 2. The molecule has 4 N–H and O–H groups in total. The number of methoxy groups -OCH3 is 2. The molecular weight excluding hydrogens is 436 g/mol. The number of aryl methyl sites for hydroxylation is 2. The van der Waals surface area contributed by atoms with Crippen LogP contribution in [0.5, 0.6) is 0 Å². The highest BCUT2D eigenvalue weighted by Gasteiger charge is 2.18. The maximum atomic E-state index is 11.9. The fourth-order valence-corrected chi connectivity index (χ4v) is 3.66. The first-order valence-corrected chi connectivity index (χ1v) is 10.7. The van der Waals surface area contributed by atoms with Crippen LogP contribution in [0.15, 0.2) is 12.4 Å². The van der Waals surface area contributed by atoms with E-state index in [-0.39, 0.29) is 0 Å². The monoisotopic (exact) mass is 464 g/mol. The van der Waals surface area contributed by atoms with Gasteiger partial charge in [-0.15, -0.1) is 0 Å². The Morgan fingerprint density at radius 3 is 1.55 bits per heavy atom. The number of anilines is 2. The number of ether oxygens (including phenoxy) is 2. The van der Waals surface area contributed by atoms with Crippen molar-refractivity contribution in [3.63, 3.8) is 0 Å². The molecule has 2 rings (SSSR count). The van der Waals surface area contributed by atoms with Crippen LogP contribution in [0.1, 0.15) is 64.2 Å². The Bertz CT molecular complexity index is 888. The van der Waals surface area contributed by atoms with Crippen molar-refractivity contribution in [1.82, 2.24) is 9.97 Å². The molecule has 0 aliphatic carbocycles. The molecule has 168 valence electrons. The van der Waals surface area contributed by atoms with Gasteiger partial charge in [-0.2, -0.15) is 0 Å². The number of esters is 2. The number of H-pyrrole nitrogens is 2.